The molecule has 4 nitrogen and oxygen atoms in total. The van der Waals surface area contributed by atoms with Crippen molar-refractivity contribution in [2.45, 2.75) is 13.8 Å². The summed E-state index contributed by atoms with van der Waals surface area (Å²) in [5.41, 5.74) is 4.24. The third-order valence-electron chi connectivity index (χ3n) is 2.72. The monoisotopic (exact) mass is 366 g/mol. The summed E-state index contributed by atoms with van der Waals surface area (Å²) in [5.74, 6) is 0.403. The van der Waals surface area contributed by atoms with Gasteiger partial charge in [0.15, 0.2) is 6.61 Å². The molecule has 0 atom stereocenters. The van der Waals surface area contributed by atoms with Crippen molar-refractivity contribution < 1.29 is 9.53 Å². The number of hydrazone groups is 1. The first kappa shape index (κ1) is 15.7. The van der Waals surface area contributed by atoms with Gasteiger partial charge in [0.25, 0.3) is 5.91 Å². The predicted molar refractivity (Wildman–Crippen MR) is 89.0 cm³/mol. The fourth-order valence-corrected chi connectivity index (χ4v) is 2.79. The Morgan fingerprint density at radius 1 is 1.43 bits per heavy atom. The van der Waals surface area contributed by atoms with E-state index >= 15 is 0 Å². The summed E-state index contributed by atoms with van der Waals surface area (Å²) in [5, 5.41) is 6.02. The first-order chi connectivity index (χ1) is 10.1. The van der Waals surface area contributed by atoms with Crippen LogP contribution < -0.4 is 10.2 Å². The highest BCUT2D eigenvalue weighted by Gasteiger charge is 2.05. The third-order valence-corrected chi connectivity index (χ3v) is 4.19. The molecule has 0 unspecified atom stereocenters. The number of nitrogens with one attached hydrogen (secondary N) is 1. The van der Waals surface area contributed by atoms with Gasteiger partial charge in [0.05, 0.1) is 5.71 Å². The second-order valence-corrected chi connectivity index (χ2v) is 6.27. The van der Waals surface area contributed by atoms with Crippen LogP contribution >= 0.6 is 27.3 Å². The zero-order valence-electron chi connectivity index (χ0n) is 11.7. The third kappa shape index (κ3) is 4.68. The molecule has 0 saturated heterocycles. The molecule has 2 rings (SSSR count). The lowest BCUT2D eigenvalue weighted by Gasteiger charge is -2.08. The minimum absolute atomic E-state index is 0.0658. The molecule has 1 N–H and O–H groups in total. The fourth-order valence-electron chi connectivity index (χ4n) is 1.64. The first-order valence-corrected chi connectivity index (χ1v) is 7.99. The lowest BCUT2D eigenvalue weighted by atomic mass is 10.2. The van der Waals surface area contributed by atoms with E-state index in [4.69, 9.17) is 4.74 Å². The molecule has 21 heavy (non-hydrogen) atoms. The van der Waals surface area contributed by atoms with E-state index in [1.165, 1.54) is 0 Å². The van der Waals surface area contributed by atoms with Crippen molar-refractivity contribution in [3.05, 3.63) is 50.6 Å². The average Bonchev–Trinajstić information content (AvgIpc) is 2.98. The van der Waals surface area contributed by atoms with Gasteiger partial charge in [-0.05, 0) is 49.1 Å². The Morgan fingerprint density at radius 2 is 2.24 bits per heavy atom. The first-order valence-electron chi connectivity index (χ1n) is 6.32. The number of hydrogen-bond donors (Lipinski definition) is 1. The molecule has 0 saturated carbocycles. The lowest BCUT2D eigenvalue weighted by Crippen LogP contribution is -2.25. The molecule has 0 radical (unpaired) electrons. The maximum Gasteiger partial charge on any atom is 0.277 e. The zero-order valence-corrected chi connectivity index (χ0v) is 14.1. The van der Waals surface area contributed by atoms with E-state index < -0.39 is 0 Å². The highest BCUT2D eigenvalue weighted by molar-refractivity contribution is 9.10. The number of hydrogen-bond acceptors (Lipinski definition) is 4. The van der Waals surface area contributed by atoms with Gasteiger partial charge in [0, 0.05) is 9.35 Å². The lowest BCUT2D eigenvalue weighted by molar-refractivity contribution is -0.123. The molecule has 0 aliphatic heterocycles. The molecule has 110 valence electrons. The summed E-state index contributed by atoms with van der Waals surface area (Å²) in [6.45, 7) is 3.71. The van der Waals surface area contributed by atoms with Gasteiger partial charge < -0.3 is 4.74 Å². The molecule has 0 bridgehead atoms. The number of thiophene rings is 1. The van der Waals surface area contributed by atoms with Crippen LogP contribution in [0.25, 0.3) is 0 Å². The number of halogens is 1. The van der Waals surface area contributed by atoms with Crippen LogP contribution in [0.1, 0.15) is 17.4 Å². The number of amides is 1. The van der Waals surface area contributed by atoms with Crippen LogP contribution in [0.2, 0.25) is 0 Å². The molecule has 0 spiro atoms. The van der Waals surface area contributed by atoms with Gasteiger partial charge in [-0.2, -0.15) is 5.10 Å². The summed E-state index contributed by atoms with van der Waals surface area (Å²) in [7, 11) is 0. The van der Waals surface area contributed by atoms with Gasteiger partial charge in [-0.1, -0.05) is 22.0 Å². The minimum Gasteiger partial charge on any atom is -0.483 e. The summed E-state index contributed by atoms with van der Waals surface area (Å²) in [6, 6.07) is 9.54. The largest absolute Gasteiger partial charge is 0.483 e. The Morgan fingerprint density at radius 3 is 2.90 bits per heavy atom. The summed E-state index contributed by atoms with van der Waals surface area (Å²) in [4.78, 5) is 12.7. The van der Waals surface area contributed by atoms with E-state index in [0.29, 0.717) is 5.75 Å². The highest BCUT2D eigenvalue weighted by Crippen LogP contribution is 2.21. The maximum atomic E-state index is 11.7. The molecule has 0 aliphatic carbocycles. The van der Waals surface area contributed by atoms with Gasteiger partial charge >= 0.3 is 0 Å². The van der Waals surface area contributed by atoms with Crippen molar-refractivity contribution in [1.29, 1.82) is 0 Å². The molecule has 2 aromatic rings. The number of ether oxygens (including phenoxy) is 1. The SMILES string of the molecule is CC(=NNC(=O)COc1ccc(Br)cc1C)c1cccs1. The number of carbonyl (C=O) groups is 1. The van der Waals surface area contributed by atoms with Crippen LogP contribution in [0.5, 0.6) is 5.75 Å². The molecule has 1 amide bonds. The average molecular weight is 367 g/mol. The number of nitrogens with zero attached hydrogens (tertiary/aromatic N) is 1. The van der Waals surface area contributed by atoms with Crippen molar-refractivity contribution in [3.63, 3.8) is 0 Å². The molecule has 6 heteroatoms. The van der Waals surface area contributed by atoms with Gasteiger partial charge in [-0.3, -0.25) is 4.79 Å². The molecular weight excluding hydrogens is 352 g/mol. The van der Waals surface area contributed by atoms with E-state index in [9.17, 15) is 4.79 Å². The predicted octanol–water partition coefficient (Wildman–Crippen LogP) is 3.74. The molecule has 0 fully saturated rings. The Hall–Kier alpha value is -1.66. The van der Waals surface area contributed by atoms with Crippen molar-refractivity contribution in [1.82, 2.24) is 5.43 Å². The molecule has 1 aromatic carbocycles. The molecule has 0 aliphatic rings. The van der Waals surface area contributed by atoms with Gasteiger partial charge in [-0.25, -0.2) is 5.43 Å². The topological polar surface area (TPSA) is 50.7 Å². The summed E-state index contributed by atoms with van der Waals surface area (Å²) in [6.07, 6.45) is 0. The number of carbonyl (C=O) groups excluding carboxylic acids is 1. The Kier molecular flexibility index (Phi) is 5.52. The van der Waals surface area contributed by atoms with E-state index in [1.54, 1.807) is 11.3 Å². The number of rotatable bonds is 5. The number of aryl methyl sites for hydroxylation is 1. The van der Waals surface area contributed by atoms with E-state index in [-0.39, 0.29) is 12.5 Å². The standard InChI is InChI=1S/C15H15BrN2O2S/c1-10-8-12(16)5-6-13(10)20-9-15(19)18-17-11(2)14-4-3-7-21-14/h3-8H,9H2,1-2H3,(H,18,19). The van der Waals surface area contributed by atoms with Crippen LogP contribution in [0.15, 0.2) is 45.3 Å². The molecular formula is C15H15BrN2O2S. The van der Waals surface area contributed by atoms with Crippen LogP contribution in [0.3, 0.4) is 0 Å². The van der Waals surface area contributed by atoms with Crippen LogP contribution in [0, 0.1) is 6.92 Å². The Labute approximate surface area is 136 Å². The maximum absolute atomic E-state index is 11.7. The second kappa shape index (κ2) is 7.38. The zero-order chi connectivity index (χ0) is 15.2. The van der Waals surface area contributed by atoms with Crippen LogP contribution in [-0.2, 0) is 4.79 Å². The van der Waals surface area contributed by atoms with Crippen molar-refractivity contribution in [2.24, 2.45) is 5.10 Å². The van der Waals surface area contributed by atoms with Crippen molar-refractivity contribution in [2.75, 3.05) is 6.61 Å². The van der Waals surface area contributed by atoms with Gasteiger partial charge in [0.2, 0.25) is 0 Å². The van der Waals surface area contributed by atoms with Crippen LogP contribution in [0.4, 0.5) is 0 Å². The van der Waals surface area contributed by atoms with E-state index in [2.05, 4.69) is 26.5 Å². The van der Waals surface area contributed by atoms with E-state index in [0.717, 1.165) is 20.6 Å². The molecule has 1 aromatic heterocycles. The normalized spacial score (nSPS) is 11.3. The van der Waals surface area contributed by atoms with Gasteiger partial charge in [0.1, 0.15) is 5.75 Å². The highest BCUT2D eigenvalue weighted by atomic mass is 79.9. The molecule has 1 heterocycles. The smallest absolute Gasteiger partial charge is 0.277 e. The van der Waals surface area contributed by atoms with Crippen LogP contribution in [-0.4, -0.2) is 18.2 Å². The quantitative estimate of drug-likeness (QED) is 0.647. The fraction of sp³-hybridized carbons (Fsp3) is 0.200. The van der Waals surface area contributed by atoms with Crippen molar-refractivity contribution >= 4 is 38.9 Å². The Balaban J connectivity index is 1.86. The van der Waals surface area contributed by atoms with Gasteiger partial charge in [-0.15, -0.1) is 11.3 Å². The second-order valence-electron chi connectivity index (χ2n) is 4.41. The van der Waals surface area contributed by atoms with Crippen molar-refractivity contribution in [3.8, 4) is 5.75 Å². The van der Waals surface area contributed by atoms with E-state index in [1.807, 2.05) is 49.6 Å². The minimum atomic E-state index is -0.284. The number of benzene rings is 1. The summed E-state index contributed by atoms with van der Waals surface area (Å²) >= 11 is 4.96. The summed E-state index contributed by atoms with van der Waals surface area (Å²) < 4.78 is 6.46. The Bertz CT molecular complexity index is 654.